The fraction of sp³-hybridized carbons (Fsp3) is 0.136. The Morgan fingerprint density at radius 1 is 0.800 bits per heavy atom. The van der Waals surface area contributed by atoms with Gasteiger partial charge in [-0.05, 0) is 40.4 Å². The maximum atomic E-state index is 6.38. The predicted octanol–water partition coefficient (Wildman–Crippen LogP) is 5.71. The molecule has 2 heterocycles. The molecule has 3 aromatic carbocycles. The van der Waals surface area contributed by atoms with Crippen LogP contribution in [0.3, 0.4) is 0 Å². The van der Waals surface area contributed by atoms with Gasteiger partial charge in [-0.15, -0.1) is 0 Å². The van der Waals surface area contributed by atoms with E-state index in [1.807, 2.05) is 6.20 Å². The summed E-state index contributed by atoms with van der Waals surface area (Å²) in [5.74, 6) is 1.85. The minimum absolute atomic E-state index is 0.902. The summed E-state index contributed by atoms with van der Waals surface area (Å²) >= 11 is 0. The van der Waals surface area contributed by atoms with Crippen LogP contribution >= 0.6 is 0 Å². The molecule has 4 aromatic rings. The van der Waals surface area contributed by atoms with Crippen LogP contribution in [0.25, 0.3) is 32.8 Å². The van der Waals surface area contributed by atoms with Crippen molar-refractivity contribution in [3.63, 3.8) is 0 Å². The molecule has 5 rings (SSSR count). The van der Waals surface area contributed by atoms with Gasteiger partial charge in [-0.3, -0.25) is 4.98 Å². The fourth-order valence-corrected chi connectivity index (χ4v) is 4.76. The minimum atomic E-state index is -1.43. The zero-order valence-electron chi connectivity index (χ0n) is 14.6. The van der Waals surface area contributed by atoms with Crippen molar-refractivity contribution < 1.29 is 4.74 Å². The van der Waals surface area contributed by atoms with Gasteiger partial charge in [-0.25, -0.2) is 0 Å². The van der Waals surface area contributed by atoms with Crippen molar-refractivity contribution in [2.75, 3.05) is 0 Å². The topological polar surface area (TPSA) is 22.1 Å². The molecule has 0 aliphatic carbocycles. The van der Waals surface area contributed by atoms with Crippen LogP contribution < -0.4 is 9.92 Å². The molecule has 25 heavy (non-hydrogen) atoms. The second-order valence-electron chi connectivity index (χ2n) is 7.78. The highest BCUT2D eigenvalue weighted by Crippen LogP contribution is 2.46. The van der Waals surface area contributed by atoms with Gasteiger partial charge in [0.25, 0.3) is 0 Å². The quantitative estimate of drug-likeness (QED) is 0.365. The first kappa shape index (κ1) is 14.7. The molecule has 1 aliphatic heterocycles. The Bertz CT molecular complexity index is 1160. The highest BCUT2D eigenvalue weighted by Gasteiger charge is 2.25. The second-order valence-corrected chi connectivity index (χ2v) is 12.9. The van der Waals surface area contributed by atoms with E-state index in [2.05, 4.69) is 74.2 Å². The van der Waals surface area contributed by atoms with Gasteiger partial charge in [0, 0.05) is 11.8 Å². The molecule has 122 valence electrons. The number of hydrogen-bond acceptors (Lipinski definition) is 2. The zero-order valence-corrected chi connectivity index (χ0v) is 15.6. The van der Waals surface area contributed by atoms with E-state index in [9.17, 15) is 0 Å². The first-order valence-electron chi connectivity index (χ1n) is 8.65. The van der Waals surface area contributed by atoms with Crippen LogP contribution in [0.4, 0.5) is 0 Å². The van der Waals surface area contributed by atoms with Crippen molar-refractivity contribution in [3.8, 4) is 22.8 Å². The molecule has 0 saturated carbocycles. The Morgan fingerprint density at radius 3 is 2.32 bits per heavy atom. The number of rotatable bonds is 1. The summed E-state index contributed by atoms with van der Waals surface area (Å²) < 4.78 is 6.38. The molecule has 1 aromatic heterocycles. The summed E-state index contributed by atoms with van der Waals surface area (Å²) in [4.78, 5) is 4.71. The average Bonchev–Trinajstić information content (AvgIpc) is 2.59. The van der Waals surface area contributed by atoms with Crippen LogP contribution in [0.15, 0.2) is 60.8 Å². The Balaban J connectivity index is 1.86. The van der Waals surface area contributed by atoms with E-state index >= 15 is 0 Å². The van der Waals surface area contributed by atoms with Crippen LogP contribution in [0, 0.1) is 0 Å². The number of aromatic nitrogens is 1. The molecule has 0 amide bonds. The van der Waals surface area contributed by atoms with Gasteiger partial charge < -0.3 is 4.74 Å². The summed E-state index contributed by atoms with van der Waals surface area (Å²) in [7, 11) is -1.43. The largest absolute Gasteiger partial charge is 0.456 e. The molecule has 0 radical (unpaired) electrons. The Kier molecular flexibility index (Phi) is 2.89. The molecule has 0 spiro atoms. The van der Waals surface area contributed by atoms with Crippen LogP contribution in [-0.2, 0) is 0 Å². The zero-order chi connectivity index (χ0) is 17.2. The highest BCUT2D eigenvalue weighted by molar-refractivity contribution is 6.88. The summed E-state index contributed by atoms with van der Waals surface area (Å²) in [5.41, 5.74) is 2.11. The molecule has 0 saturated heterocycles. The fourth-order valence-electron chi connectivity index (χ4n) is 3.60. The van der Waals surface area contributed by atoms with Crippen molar-refractivity contribution in [3.05, 3.63) is 60.8 Å². The first-order chi connectivity index (χ1) is 12.0. The first-order valence-corrected chi connectivity index (χ1v) is 12.1. The Labute approximate surface area is 148 Å². The highest BCUT2D eigenvalue weighted by atomic mass is 28.3. The van der Waals surface area contributed by atoms with E-state index in [0.29, 0.717) is 0 Å². The molecule has 2 nitrogen and oxygen atoms in total. The third-order valence-electron chi connectivity index (χ3n) is 5.02. The Morgan fingerprint density at radius 2 is 1.56 bits per heavy atom. The molecular formula is C22H19NOSi. The summed E-state index contributed by atoms with van der Waals surface area (Å²) in [5, 5.41) is 6.17. The van der Waals surface area contributed by atoms with E-state index in [1.54, 1.807) is 0 Å². The number of ether oxygens (including phenoxy) is 1. The SMILES string of the molecule is C[Si](C)(C)c1cc2c3c(nccc3c1)-c1cc3ccccc3cc1O2. The molecular weight excluding hydrogens is 322 g/mol. The molecule has 0 bridgehead atoms. The monoisotopic (exact) mass is 341 g/mol. The lowest BCUT2D eigenvalue weighted by Crippen LogP contribution is -2.37. The lowest BCUT2D eigenvalue weighted by molar-refractivity contribution is 0.487. The lowest BCUT2D eigenvalue weighted by atomic mass is 9.97. The average molecular weight is 341 g/mol. The van der Waals surface area contributed by atoms with Crippen molar-refractivity contribution >= 4 is 34.8 Å². The van der Waals surface area contributed by atoms with Gasteiger partial charge in [0.2, 0.25) is 0 Å². The maximum absolute atomic E-state index is 6.38. The van der Waals surface area contributed by atoms with E-state index in [1.165, 1.54) is 21.3 Å². The molecule has 0 N–H and O–H groups in total. The summed E-state index contributed by atoms with van der Waals surface area (Å²) in [6.07, 6.45) is 1.92. The van der Waals surface area contributed by atoms with E-state index < -0.39 is 8.07 Å². The molecule has 1 aliphatic rings. The van der Waals surface area contributed by atoms with Crippen LogP contribution in [0.1, 0.15) is 0 Å². The summed E-state index contributed by atoms with van der Waals surface area (Å²) in [6.45, 7) is 7.10. The standard InChI is InChI=1S/C22H19NOSi/c1-25(2,3)17-10-16-8-9-23-22-18-11-14-6-4-5-7-15(14)12-19(18)24-20(13-17)21(16)22/h4-13H,1-3H3. The second kappa shape index (κ2) is 4.93. The Hall–Kier alpha value is -2.65. The van der Waals surface area contributed by atoms with Crippen molar-refractivity contribution in [1.29, 1.82) is 0 Å². The van der Waals surface area contributed by atoms with Crippen LogP contribution in [-0.4, -0.2) is 13.1 Å². The molecule has 0 fully saturated rings. The van der Waals surface area contributed by atoms with Crippen molar-refractivity contribution in [2.24, 2.45) is 0 Å². The van der Waals surface area contributed by atoms with Gasteiger partial charge in [-0.1, -0.05) is 55.2 Å². The molecule has 0 unspecified atom stereocenters. The van der Waals surface area contributed by atoms with Crippen LogP contribution in [0.5, 0.6) is 11.5 Å². The third kappa shape index (κ3) is 2.19. The van der Waals surface area contributed by atoms with E-state index in [4.69, 9.17) is 9.72 Å². The number of fused-ring (bicyclic) bond motifs is 3. The molecule has 0 atom stereocenters. The van der Waals surface area contributed by atoms with Crippen molar-refractivity contribution in [1.82, 2.24) is 4.98 Å². The van der Waals surface area contributed by atoms with Gasteiger partial charge in [0.15, 0.2) is 0 Å². The lowest BCUT2D eigenvalue weighted by Gasteiger charge is -2.24. The number of hydrogen-bond donors (Lipinski definition) is 0. The maximum Gasteiger partial charge on any atom is 0.137 e. The minimum Gasteiger partial charge on any atom is -0.456 e. The third-order valence-corrected chi connectivity index (χ3v) is 7.04. The van der Waals surface area contributed by atoms with Crippen molar-refractivity contribution in [2.45, 2.75) is 19.6 Å². The predicted molar refractivity (Wildman–Crippen MR) is 108 cm³/mol. The number of nitrogens with zero attached hydrogens (tertiary/aromatic N) is 1. The normalized spacial score (nSPS) is 12.9. The van der Waals surface area contributed by atoms with Gasteiger partial charge in [-0.2, -0.15) is 0 Å². The van der Waals surface area contributed by atoms with Gasteiger partial charge in [0.1, 0.15) is 11.5 Å². The van der Waals surface area contributed by atoms with Gasteiger partial charge >= 0.3 is 0 Å². The smallest absolute Gasteiger partial charge is 0.137 e. The number of pyridine rings is 1. The van der Waals surface area contributed by atoms with Gasteiger partial charge in [0.05, 0.1) is 19.2 Å². The number of benzene rings is 3. The van der Waals surface area contributed by atoms with Crippen LogP contribution in [0.2, 0.25) is 19.6 Å². The van der Waals surface area contributed by atoms with E-state index in [0.717, 1.165) is 28.1 Å². The summed E-state index contributed by atoms with van der Waals surface area (Å²) in [6, 6.07) is 19.4. The van der Waals surface area contributed by atoms with E-state index in [-0.39, 0.29) is 0 Å². The molecule has 3 heteroatoms.